The van der Waals surface area contributed by atoms with Crippen molar-refractivity contribution in [3.8, 4) is 11.5 Å². The Morgan fingerprint density at radius 2 is 1.63 bits per heavy atom. The number of ether oxygens (including phenoxy) is 2. The van der Waals surface area contributed by atoms with Crippen LogP contribution in [0.4, 0.5) is 5.69 Å². The lowest BCUT2D eigenvalue weighted by Gasteiger charge is -2.20. The molecule has 3 rings (SSSR count). The summed E-state index contributed by atoms with van der Waals surface area (Å²) in [5.41, 5.74) is 6.76. The van der Waals surface area contributed by atoms with E-state index >= 15 is 0 Å². The molecule has 0 unspecified atom stereocenters. The summed E-state index contributed by atoms with van der Waals surface area (Å²) in [6.07, 6.45) is 0. The second-order valence-corrected chi connectivity index (χ2v) is 6.12. The van der Waals surface area contributed by atoms with Gasteiger partial charge in [0.1, 0.15) is 13.2 Å². The molecular weight excluding hydrogens is 326 g/mol. The molecule has 0 aromatic heterocycles. The quantitative estimate of drug-likeness (QED) is 0.842. The van der Waals surface area contributed by atoms with Crippen LogP contribution in [0.3, 0.4) is 0 Å². The van der Waals surface area contributed by atoms with Gasteiger partial charge in [-0.2, -0.15) is 0 Å². The zero-order valence-corrected chi connectivity index (χ0v) is 12.5. The minimum atomic E-state index is 0.575. The van der Waals surface area contributed by atoms with Crippen molar-refractivity contribution in [3.63, 3.8) is 0 Å². The van der Waals surface area contributed by atoms with Crippen LogP contribution >= 0.6 is 27.7 Å². The summed E-state index contributed by atoms with van der Waals surface area (Å²) >= 11 is 5.04. The zero-order valence-electron chi connectivity index (χ0n) is 10.1. The summed E-state index contributed by atoms with van der Waals surface area (Å²) in [5.74, 6) is 1.49. The smallest absolute Gasteiger partial charge is 0.163 e. The van der Waals surface area contributed by atoms with Gasteiger partial charge in [0.15, 0.2) is 11.5 Å². The van der Waals surface area contributed by atoms with Crippen LogP contribution in [0, 0.1) is 0 Å². The molecule has 0 amide bonds. The molecule has 0 saturated heterocycles. The number of rotatable bonds is 2. The molecule has 0 spiro atoms. The number of nitrogens with two attached hydrogens (primary N) is 1. The van der Waals surface area contributed by atoms with Crippen LogP contribution < -0.4 is 15.2 Å². The van der Waals surface area contributed by atoms with Gasteiger partial charge in [0, 0.05) is 32.1 Å². The van der Waals surface area contributed by atoms with E-state index in [0.29, 0.717) is 18.9 Å². The number of benzene rings is 2. The molecular formula is C14H12BrNO2S. The first-order valence-corrected chi connectivity index (χ1v) is 7.46. The fraction of sp³-hybridized carbons (Fsp3) is 0.143. The van der Waals surface area contributed by atoms with Gasteiger partial charge in [0.2, 0.25) is 0 Å². The minimum absolute atomic E-state index is 0.575. The average molecular weight is 338 g/mol. The van der Waals surface area contributed by atoms with E-state index in [9.17, 15) is 0 Å². The third-order valence-electron chi connectivity index (χ3n) is 2.72. The van der Waals surface area contributed by atoms with Crippen LogP contribution in [0.2, 0.25) is 0 Å². The third-order valence-corrected chi connectivity index (χ3v) is 4.33. The van der Waals surface area contributed by atoms with Crippen molar-refractivity contribution in [2.45, 2.75) is 9.79 Å². The highest BCUT2D eigenvalue weighted by Crippen LogP contribution is 2.41. The SMILES string of the molecule is Nc1cc2c(cc1Sc1ccc(Br)cc1)OCCO2. The van der Waals surface area contributed by atoms with Crippen molar-refractivity contribution >= 4 is 33.4 Å². The van der Waals surface area contributed by atoms with Crippen molar-refractivity contribution in [3.05, 3.63) is 40.9 Å². The Hall–Kier alpha value is -1.33. The lowest BCUT2D eigenvalue weighted by molar-refractivity contribution is 0.171. The topological polar surface area (TPSA) is 44.5 Å². The molecule has 5 heteroatoms. The Bertz CT molecular complexity index is 601. The van der Waals surface area contributed by atoms with E-state index in [2.05, 4.69) is 15.9 Å². The van der Waals surface area contributed by atoms with Gasteiger partial charge in [-0.1, -0.05) is 27.7 Å². The monoisotopic (exact) mass is 337 g/mol. The third kappa shape index (κ3) is 2.82. The molecule has 2 aromatic rings. The van der Waals surface area contributed by atoms with E-state index in [4.69, 9.17) is 15.2 Å². The van der Waals surface area contributed by atoms with Gasteiger partial charge in [-0.05, 0) is 24.3 Å². The molecule has 0 radical (unpaired) electrons. The van der Waals surface area contributed by atoms with Crippen molar-refractivity contribution in [1.29, 1.82) is 0 Å². The number of halogens is 1. The normalized spacial score (nSPS) is 13.3. The van der Waals surface area contributed by atoms with Gasteiger partial charge in [-0.3, -0.25) is 0 Å². The molecule has 19 heavy (non-hydrogen) atoms. The van der Waals surface area contributed by atoms with Crippen molar-refractivity contribution in [1.82, 2.24) is 0 Å². The van der Waals surface area contributed by atoms with Crippen LogP contribution in [-0.4, -0.2) is 13.2 Å². The molecule has 0 atom stereocenters. The number of hydrogen-bond donors (Lipinski definition) is 1. The van der Waals surface area contributed by atoms with E-state index in [0.717, 1.165) is 25.8 Å². The molecule has 1 heterocycles. The highest BCUT2D eigenvalue weighted by atomic mass is 79.9. The maximum atomic E-state index is 6.06. The molecule has 2 N–H and O–H groups in total. The maximum absolute atomic E-state index is 6.06. The predicted octanol–water partition coefficient (Wildman–Crippen LogP) is 3.95. The Morgan fingerprint density at radius 3 is 2.32 bits per heavy atom. The number of fused-ring (bicyclic) bond motifs is 1. The van der Waals surface area contributed by atoms with Crippen LogP contribution in [0.15, 0.2) is 50.7 Å². The number of hydrogen-bond acceptors (Lipinski definition) is 4. The Labute approximate surface area is 124 Å². The van der Waals surface area contributed by atoms with Crippen molar-refractivity contribution in [2.24, 2.45) is 0 Å². The van der Waals surface area contributed by atoms with Gasteiger partial charge < -0.3 is 15.2 Å². The maximum Gasteiger partial charge on any atom is 0.163 e. The molecule has 1 aliphatic rings. The first-order chi connectivity index (χ1) is 9.22. The molecule has 3 nitrogen and oxygen atoms in total. The van der Waals surface area contributed by atoms with Crippen LogP contribution in [0.25, 0.3) is 0 Å². The number of nitrogen functional groups attached to an aromatic ring is 1. The summed E-state index contributed by atoms with van der Waals surface area (Å²) < 4.78 is 12.1. The van der Waals surface area contributed by atoms with E-state index in [1.165, 1.54) is 0 Å². The van der Waals surface area contributed by atoms with Crippen molar-refractivity contribution in [2.75, 3.05) is 18.9 Å². The molecule has 0 saturated carbocycles. The van der Waals surface area contributed by atoms with Gasteiger partial charge in [-0.25, -0.2) is 0 Å². The van der Waals surface area contributed by atoms with Crippen LogP contribution in [-0.2, 0) is 0 Å². The fourth-order valence-corrected chi connectivity index (χ4v) is 2.94. The molecule has 0 fully saturated rings. The van der Waals surface area contributed by atoms with E-state index in [1.54, 1.807) is 11.8 Å². The van der Waals surface area contributed by atoms with Gasteiger partial charge in [0.05, 0.1) is 0 Å². The van der Waals surface area contributed by atoms with E-state index < -0.39 is 0 Å². The fourth-order valence-electron chi connectivity index (χ4n) is 1.80. The summed E-state index contributed by atoms with van der Waals surface area (Å²) in [7, 11) is 0. The summed E-state index contributed by atoms with van der Waals surface area (Å²) in [4.78, 5) is 2.11. The highest BCUT2D eigenvalue weighted by Gasteiger charge is 2.15. The first kappa shape index (κ1) is 12.7. The Balaban J connectivity index is 1.90. The summed E-state index contributed by atoms with van der Waals surface area (Å²) in [6.45, 7) is 1.16. The highest BCUT2D eigenvalue weighted by molar-refractivity contribution is 9.10. The first-order valence-electron chi connectivity index (χ1n) is 5.85. The van der Waals surface area contributed by atoms with Gasteiger partial charge >= 0.3 is 0 Å². The summed E-state index contributed by atoms with van der Waals surface area (Å²) in [5, 5.41) is 0. The second-order valence-electron chi connectivity index (χ2n) is 4.09. The van der Waals surface area contributed by atoms with Gasteiger partial charge in [0.25, 0.3) is 0 Å². The molecule has 0 aliphatic carbocycles. The molecule has 1 aliphatic heterocycles. The Morgan fingerprint density at radius 1 is 1.00 bits per heavy atom. The number of anilines is 1. The lowest BCUT2D eigenvalue weighted by Crippen LogP contribution is -2.15. The molecule has 98 valence electrons. The largest absolute Gasteiger partial charge is 0.486 e. The van der Waals surface area contributed by atoms with E-state index in [1.807, 2.05) is 36.4 Å². The van der Waals surface area contributed by atoms with Crippen LogP contribution in [0.5, 0.6) is 11.5 Å². The minimum Gasteiger partial charge on any atom is -0.486 e. The predicted molar refractivity (Wildman–Crippen MR) is 80.1 cm³/mol. The van der Waals surface area contributed by atoms with Crippen molar-refractivity contribution < 1.29 is 9.47 Å². The standard InChI is InChI=1S/C14H12BrNO2S/c15-9-1-3-10(4-2-9)19-14-8-13-12(7-11(14)16)17-5-6-18-13/h1-4,7-8H,5-6,16H2. The lowest BCUT2D eigenvalue weighted by atomic mass is 10.2. The summed E-state index contributed by atoms with van der Waals surface area (Å²) in [6, 6.07) is 11.9. The Kier molecular flexibility index (Phi) is 3.57. The van der Waals surface area contributed by atoms with Gasteiger partial charge in [-0.15, -0.1) is 0 Å². The second kappa shape index (κ2) is 5.35. The average Bonchev–Trinajstić information content (AvgIpc) is 2.42. The van der Waals surface area contributed by atoms with E-state index in [-0.39, 0.29) is 0 Å². The van der Waals surface area contributed by atoms with Crippen LogP contribution in [0.1, 0.15) is 0 Å². The molecule has 0 bridgehead atoms. The zero-order chi connectivity index (χ0) is 13.2. The molecule has 2 aromatic carbocycles.